The molecule has 2 saturated heterocycles. The molecule has 2 aromatic rings. The van der Waals surface area contributed by atoms with E-state index in [0.717, 1.165) is 23.5 Å². The van der Waals surface area contributed by atoms with Crippen molar-refractivity contribution in [2.24, 2.45) is 5.92 Å². The molecule has 3 heterocycles. The molecule has 1 saturated carbocycles. The van der Waals surface area contributed by atoms with Crippen LogP contribution in [0.1, 0.15) is 59.5 Å². The fourth-order valence-corrected chi connectivity index (χ4v) is 6.17. The van der Waals surface area contributed by atoms with E-state index in [4.69, 9.17) is 9.47 Å². The van der Waals surface area contributed by atoms with Crippen molar-refractivity contribution in [3.63, 3.8) is 0 Å². The van der Waals surface area contributed by atoms with Crippen molar-refractivity contribution in [2.45, 2.75) is 50.1 Å². The number of hydrogen-bond acceptors (Lipinski definition) is 5. The maximum atomic E-state index is 13.3. The van der Waals surface area contributed by atoms with Gasteiger partial charge in [-0.25, -0.2) is 0 Å². The van der Waals surface area contributed by atoms with Crippen LogP contribution in [0.25, 0.3) is 0 Å². The van der Waals surface area contributed by atoms with Gasteiger partial charge in [-0.15, -0.1) is 0 Å². The lowest BCUT2D eigenvalue weighted by Gasteiger charge is -2.58. The summed E-state index contributed by atoms with van der Waals surface area (Å²) in [6.07, 6.45) is 6.21. The van der Waals surface area contributed by atoms with E-state index in [1.807, 2.05) is 24.3 Å². The number of aliphatic hydroxyl groups excluding tert-OH is 1. The molecular formula is C29H30N2O5. The summed E-state index contributed by atoms with van der Waals surface area (Å²) in [5, 5.41) is 10.1. The minimum Gasteiger partial charge on any atom is -0.454 e. The molecule has 186 valence electrons. The number of aliphatic hydroxyl groups is 1. The Labute approximate surface area is 211 Å². The highest BCUT2D eigenvalue weighted by atomic mass is 16.7. The quantitative estimate of drug-likeness (QED) is 0.672. The zero-order valence-corrected chi connectivity index (χ0v) is 20.2. The standard InChI is InChI=1S/C29H30N2O5/c32-17-24-28(21-10-8-20(9-11-21)7-3-6-19-4-1-2-5-19)23-15-30(16-27(33)31(23)24)29(34)22-12-13-25-26(14-22)36-18-35-25/h8-14,19,23-24,28,32H,1-2,4-6,15-18H2/t23-,24+,28-/m1/s1. The van der Waals surface area contributed by atoms with Crippen LogP contribution in [0.5, 0.6) is 11.5 Å². The first-order valence-corrected chi connectivity index (χ1v) is 12.8. The largest absolute Gasteiger partial charge is 0.454 e. The zero-order chi connectivity index (χ0) is 24.6. The molecule has 0 bridgehead atoms. The zero-order valence-electron chi connectivity index (χ0n) is 20.2. The van der Waals surface area contributed by atoms with Crippen molar-refractivity contribution in [3.8, 4) is 23.3 Å². The van der Waals surface area contributed by atoms with Crippen molar-refractivity contribution in [2.75, 3.05) is 26.5 Å². The van der Waals surface area contributed by atoms with Gasteiger partial charge >= 0.3 is 0 Å². The number of hydrogen-bond donors (Lipinski definition) is 1. The molecule has 4 aliphatic rings. The highest BCUT2D eigenvalue weighted by Crippen LogP contribution is 2.43. The molecule has 1 aliphatic carbocycles. The third kappa shape index (κ3) is 4.10. The molecule has 3 atom stereocenters. The van der Waals surface area contributed by atoms with Crippen molar-refractivity contribution in [3.05, 3.63) is 59.2 Å². The second kappa shape index (κ2) is 9.51. The number of ether oxygens (including phenoxy) is 2. The SMILES string of the molecule is O=C(c1ccc2c(c1)OCO2)N1CC(=O)N2[C@H](C1)[C@@H](c1ccc(C#CCC3CCCC3)cc1)[C@@H]2CO. The van der Waals surface area contributed by atoms with Crippen LogP contribution in [0, 0.1) is 17.8 Å². The molecule has 2 aromatic carbocycles. The summed E-state index contributed by atoms with van der Waals surface area (Å²) in [5.41, 5.74) is 2.50. The molecule has 7 nitrogen and oxygen atoms in total. The number of rotatable bonds is 4. The first-order chi connectivity index (χ1) is 17.6. The predicted molar refractivity (Wildman–Crippen MR) is 133 cm³/mol. The van der Waals surface area contributed by atoms with E-state index >= 15 is 0 Å². The molecule has 1 N–H and O–H groups in total. The number of carbonyl (C=O) groups is 2. The Kier molecular flexibility index (Phi) is 6.06. The van der Waals surface area contributed by atoms with Crippen LogP contribution in [0.4, 0.5) is 0 Å². The lowest BCUT2D eigenvalue weighted by atomic mass is 9.73. The summed E-state index contributed by atoms with van der Waals surface area (Å²) < 4.78 is 10.7. The minimum absolute atomic E-state index is 0.00250. The van der Waals surface area contributed by atoms with Crippen LogP contribution in [0.2, 0.25) is 0 Å². The maximum absolute atomic E-state index is 13.3. The van der Waals surface area contributed by atoms with Crippen molar-refractivity contribution in [1.82, 2.24) is 9.80 Å². The Morgan fingerprint density at radius 2 is 1.83 bits per heavy atom. The van der Waals surface area contributed by atoms with Gasteiger partial charge in [0.25, 0.3) is 5.91 Å². The van der Waals surface area contributed by atoms with Gasteiger partial charge in [0, 0.05) is 30.0 Å². The molecule has 0 aromatic heterocycles. The van der Waals surface area contributed by atoms with Gasteiger partial charge in [0.05, 0.1) is 18.7 Å². The summed E-state index contributed by atoms with van der Waals surface area (Å²) >= 11 is 0. The Morgan fingerprint density at radius 3 is 2.61 bits per heavy atom. The lowest BCUT2D eigenvalue weighted by molar-refractivity contribution is -0.159. The lowest BCUT2D eigenvalue weighted by Crippen LogP contribution is -2.73. The number of fused-ring (bicyclic) bond motifs is 2. The second-order valence-corrected chi connectivity index (χ2v) is 10.2. The fourth-order valence-electron chi connectivity index (χ4n) is 6.17. The van der Waals surface area contributed by atoms with Crippen molar-refractivity contribution in [1.29, 1.82) is 0 Å². The van der Waals surface area contributed by atoms with Crippen LogP contribution in [-0.4, -0.2) is 65.3 Å². The van der Waals surface area contributed by atoms with Crippen LogP contribution < -0.4 is 9.47 Å². The topological polar surface area (TPSA) is 79.3 Å². The van der Waals surface area contributed by atoms with E-state index in [1.54, 1.807) is 28.0 Å². The van der Waals surface area contributed by atoms with Crippen molar-refractivity contribution < 1.29 is 24.2 Å². The Morgan fingerprint density at radius 1 is 1.06 bits per heavy atom. The van der Waals surface area contributed by atoms with Gasteiger partial charge in [0.1, 0.15) is 6.54 Å². The van der Waals surface area contributed by atoms with Gasteiger partial charge in [-0.2, -0.15) is 0 Å². The molecule has 6 rings (SSSR count). The summed E-state index contributed by atoms with van der Waals surface area (Å²) in [6, 6.07) is 12.8. The smallest absolute Gasteiger partial charge is 0.254 e. The number of piperazine rings is 1. The van der Waals surface area contributed by atoms with Gasteiger partial charge < -0.3 is 24.4 Å². The highest BCUT2D eigenvalue weighted by Gasteiger charge is 2.54. The molecule has 3 aliphatic heterocycles. The van der Waals surface area contributed by atoms with Crippen LogP contribution >= 0.6 is 0 Å². The fraction of sp³-hybridized carbons (Fsp3) is 0.448. The van der Waals surface area contributed by atoms with E-state index in [2.05, 4.69) is 11.8 Å². The highest BCUT2D eigenvalue weighted by molar-refractivity contribution is 5.98. The van der Waals surface area contributed by atoms with Gasteiger partial charge in [-0.05, 0) is 54.7 Å². The molecule has 0 spiro atoms. The summed E-state index contributed by atoms with van der Waals surface area (Å²) in [4.78, 5) is 29.6. The maximum Gasteiger partial charge on any atom is 0.254 e. The molecule has 3 fully saturated rings. The van der Waals surface area contributed by atoms with E-state index in [1.165, 1.54) is 25.7 Å². The molecule has 36 heavy (non-hydrogen) atoms. The normalized spacial score (nSPS) is 24.7. The minimum atomic E-state index is -0.274. The van der Waals surface area contributed by atoms with Crippen LogP contribution in [0.3, 0.4) is 0 Å². The molecule has 0 unspecified atom stereocenters. The first kappa shape index (κ1) is 22.9. The average molecular weight is 487 g/mol. The number of carbonyl (C=O) groups excluding carboxylic acids is 2. The Bertz CT molecular complexity index is 1220. The number of nitrogens with zero attached hydrogens (tertiary/aromatic N) is 2. The van der Waals surface area contributed by atoms with E-state index < -0.39 is 0 Å². The molecular weight excluding hydrogens is 456 g/mol. The molecule has 0 radical (unpaired) electrons. The van der Waals surface area contributed by atoms with Gasteiger partial charge in [0.15, 0.2) is 11.5 Å². The van der Waals surface area contributed by atoms with E-state index in [0.29, 0.717) is 23.6 Å². The summed E-state index contributed by atoms with van der Waals surface area (Å²) in [6.45, 7) is 0.457. The van der Waals surface area contributed by atoms with Gasteiger partial charge in [0.2, 0.25) is 12.7 Å². The van der Waals surface area contributed by atoms with Crippen LogP contribution in [-0.2, 0) is 4.79 Å². The number of amides is 2. The average Bonchev–Trinajstić information content (AvgIpc) is 3.57. The Hall–Kier alpha value is -3.50. The Balaban J connectivity index is 1.17. The van der Waals surface area contributed by atoms with Gasteiger partial charge in [-0.3, -0.25) is 9.59 Å². The van der Waals surface area contributed by atoms with E-state index in [-0.39, 0.29) is 49.8 Å². The first-order valence-electron chi connectivity index (χ1n) is 12.8. The van der Waals surface area contributed by atoms with Crippen LogP contribution in [0.15, 0.2) is 42.5 Å². The molecule has 2 amide bonds. The third-order valence-corrected chi connectivity index (χ3v) is 8.05. The number of benzene rings is 2. The summed E-state index contributed by atoms with van der Waals surface area (Å²) in [7, 11) is 0. The molecule has 7 heteroatoms. The monoisotopic (exact) mass is 486 g/mol. The van der Waals surface area contributed by atoms with Gasteiger partial charge in [-0.1, -0.05) is 36.8 Å². The van der Waals surface area contributed by atoms with E-state index in [9.17, 15) is 14.7 Å². The van der Waals surface area contributed by atoms with Crippen molar-refractivity contribution >= 4 is 11.8 Å². The summed E-state index contributed by atoms with van der Waals surface area (Å²) in [5.74, 6) is 8.14. The predicted octanol–water partition coefficient (Wildman–Crippen LogP) is 3.16. The third-order valence-electron chi connectivity index (χ3n) is 8.05. The second-order valence-electron chi connectivity index (χ2n) is 10.2.